The van der Waals surface area contributed by atoms with Gasteiger partial charge in [-0.05, 0) is 13.8 Å². The number of carbonyl (C=O) groups excluding carboxylic acids is 1. The fraction of sp³-hybridized carbons (Fsp3) is 0.750. The van der Waals surface area contributed by atoms with E-state index in [0.29, 0.717) is 0 Å². The second-order valence-electron chi connectivity index (χ2n) is 1.65. The van der Waals surface area contributed by atoms with E-state index in [1.54, 1.807) is 13.8 Å². The Morgan fingerprint density at radius 2 is 2.22 bits per heavy atom. The topological polar surface area (TPSA) is 47.6 Å². The minimum Gasteiger partial charge on any atom is -0.445 e. The van der Waals surface area contributed by atoms with Gasteiger partial charge < -0.3 is 4.74 Å². The summed E-state index contributed by atoms with van der Waals surface area (Å²) in [7, 11) is 0. The van der Waals surface area contributed by atoms with Crippen LogP contribution >= 0.6 is 12.9 Å². The fourth-order valence-corrected chi connectivity index (χ4v) is 0.350. The third kappa shape index (κ3) is 5.45. The van der Waals surface area contributed by atoms with E-state index in [-0.39, 0.29) is 6.10 Å². The molecule has 0 rings (SSSR count). The number of amides is 1. The van der Waals surface area contributed by atoms with E-state index >= 15 is 0 Å². The van der Waals surface area contributed by atoms with Crippen molar-refractivity contribution in [2.75, 3.05) is 0 Å². The summed E-state index contributed by atoms with van der Waals surface area (Å²) >= 11 is 3.27. The number of hydroxylamine groups is 1. The SMILES string of the molecule is CC(C)OC(=O)NOS. The largest absolute Gasteiger partial charge is 0.445 e. The smallest absolute Gasteiger partial charge is 0.432 e. The molecule has 0 aliphatic heterocycles. The molecule has 0 radical (unpaired) electrons. The van der Waals surface area contributed by atoms with Crippen molar-refractivity contribution in [2.45, 2.75) is 20.0 Å². The Morgan fingerprint density at radius 3 is 2.56 bits per heavy atom. The molecular formula is C4H9NO3S. The minimum absolute atomic E-state index is 0.145. The van der Waals surface area contributed by atoms with Crippen LogP contribution in [0.5, 0.6) is 0 Å². The Morgan fingerprint density at radius 1 is 1.67 bits per heavy atom. The molecular weight excluding hydrogens is 142 g/mol. The molecule has 0 heterocycles. The van der Waals surface area contributed by atoms with Crippen LogP contribution in [0.4, 0.5) is 4.79 Å². The summed E-state index contributed by atoms with van der Waals surface area (Å²) in [5, 5.41) is 0. The van der Waals surface area contributed by atoms with E-state index in [0.717, 1.165) is 0 Å². The third-order valence-corrected chi connectivity index (χ3v) is 0.563. The van der Waals surface area contributed by atoms with Crippen LogP contribution in [-0.2, 0) is 9.02 Å². The standard InChI is InChI=1S/C4H9NO3S/c1-3(2)7-4(6)5-8-9/h3,9H,1-2H3,(H,5,6). The summed E-state index contributed by atoms with van der Waals surface area (Å²) in [5.74, 6) is 0. The highest BCUT2D eigenvalue weighted by Crippen LogP contribution is 1.87. The Bertz CT molecular complexity index is 95.8. The predicted molar refractivity (Wildman–Crippen MR) is 34.8 cm³/mol. The lowest BCUT2D eigenvalue weighted by Gasteiger charge is -2.05. The third-order valence-electron chi connectivity index (χ3n) is 0.472. The average molecular weight is 151 g/mol. The number of hydrogen-bond donors (Lipinski definition) is 2. The maximum Gasteiger partial charge on any atom is 0.432 e. The van der Waals surface area contributed by atoms with Crippen LogP contribution in [0.15, 0.2) is 0 Å². The van der Waals surface area contributed by atoms with Gasteiger partial charge in [-0.25, -0.2) is 9.08 Å². The van der Waals surface area contributed by atoms with Crippen molar-refractivity contribution >= 4 is 19.0 Å². The quantitative estimate of drug-likeness (QED) is 0.350. The monoisotopic (exact) mass is 151 g/mol. The number of thiol groups is 1. The van der Waals surface area contributed by atoms with Crippen molar-refractivity contribution < 1.29 is 13.8 Å². The predicted octanol–water partition coefficient (Wildman–Crippen LogP) is 0.897. The molecule has 5 heteroatoms. The van der Waals surface area contributed by atoms with Gasteiger partial charge in [0.1, 0.15) is 0 Å². The second kappa shape index (κ2) is 4.46. The van der Waals surface area contributed by atoms with Gasteiger partial charge in [0.2, 0.25) is 0 Å². The van der Waals surface area contributed by atoms with E-state index in [2.05, 4.69) is 21.9 Å². The number of nitrogens with one attached hydrogen (secondary N) is 1. The lowest BCUT2D eigenvalue weighted by molar-refractivity contribution is 0.0852. The first kappa shape index (κ1) is 8.58. The molecule has 0 bridgehead atoms. The molecule has 1 N–H and O–H groups in total. The van der Waals surface area contributed by atoms with Gasteiger partial charge in [-0.15, -0.1) is 0 Å². The Labute approximate surface area is 59.1 Å². The Kier molecular flexibility index (Phi) is 4.25. The molecule has 0 spiro atoms. The maximum absolute atomic E-state index is 10.3. The van der Waals surface area contributed by atoms with E-state index in [1.165, 1.54) is 0 Å². The number of carbonyl (C=O) groups is 1. The first-order valence-electron chi connectivity index (χ1n) is 2.44. The van der Waals surface area contributed by atoms with Gasteiger partial charge in [-0.3, -0.25) is 0 Å². The van der Waals surface area contributed by atoms with Crippen molar-refractivity contribution in [1.29, 1.82) is 0 Å². The Hall–Kier alpha value is -0.420. The van der Waals surface area contributed by atoms with Crippen molar-refractivity contribution in [1.82, 2.24) is 5.48 Å². The Balaban J connectivity index is 3.27. The molecule has 0 aliphatic rings. The highest BCUT2D eigenvalue weighted by molar-refractivity contribution is 7.75. The molecule has 9 heavy (non-hydrogen) atoms. The van der Waals surface area contributed by atoms with Crippen molar-refractivity contribution in [3.63, 3.8) is 0 Å². The summed E-state index contributed by atoms with van der Waals surface area (Å²) in [4.78, 5) is 10.3. The van der Waals surface area contributed by atoms with Crippen LogP contribution in [0.1, 0.15) is 13.8 Å². The van der Waals surface area contributed by atoms with Gasteiger partial charge in [0.05, 0.1) is 6.10 Å². The van der Waals surface area contributed by atoms with Gasteiger partial charge in [0.25, 0.3) is 0 Å². The lowest BCUT2D eigenvalue weighted by Crippen LogP contribution is -2.24. The number of rotatable bonds is 2. The molecule has 4 nitrogen and oxygen atoms in total. The zero-order valence-corrected chi connectivity index (χ0v) is 6.14. The molecule has 0 atom stereocenters. The van der Waals surface area contributed by atoms with Gasteiger partial charge in [-0.2, -0.15) is 5.48 Å². The van der Waals surface area contributed by atoms with E-state index in [1.807, 2.05) is 5.48 Å². The van der Waals surface area contributed by atoms with Crippen LogP contribution in [0.2, 0.25) is 0 Å². The molecule has 1 amide bonds. The van der Waals surface area contributed by atoms with E-state index in [9.17, 15) is 4.79 Å². The molecule has 0 saturated carbocycles. The molecule has 0 aliphatic carbocycles. The van der Waals surface area contributed by atoms with Gasteiger partial charge in [-0.1, -0.05) is 0 Å². The normalized spacial score (nSPS) is 9.33. The first-order chi connectivity index (χ1) is 4.16. The van der Waals surface area contributed by atoms with E-state index in [4.69, 9.17) is 0 Å². The lowest BCUT2D eigenvalue weighted by atomic mass is 10.5. The van der Waals surface area contributed by atoms with Crippen LogP contribution in [-0.4, -0.2) is 12.2 Å². The van der Waals surface area contributed by atoms with Crippen molar-refractivity contribution in [3.8, 4) is 0 Å². The van der Waals surface area contributed by atoms with Crippen molar-refractivity contribution in [3.05, 3.63) is 0 Å². The van der Waals surface area contributed by atoms with Crippen LogP contribution < -0.4 is 5.48 Å². The maximum atomic E-state index is 10.3. The van der Waals surface area contributed by atoms with Crippen molar-refractivity contribution in [2.24, 2.45) is 0 Å². The summed E-state index contributed by atoms with van der Waals surface area (Å²) in [6.45, 7) is 3.47. The van der Waals surface area contributed by atoms with Crippen LogP contribution in [0, 0.1) is 0 Å². The summed E-state index contributed by atoms with van der Waals surface area (Å²) in [6.07, 6.45) is -0.784. The first-order valence-corrected chi connectivity index (χ1v) is 2.80. The summed E-state index contributed by atoms with van der Waals surface area (Å²) < 4.78 is 8.54. The molecule has 0 fully saturated rings. The highest BCUT2D eigenvalue weighted by Gasteiger charge is 2.01. The molecule has 54 valence electrons. The second-order valence-corrected chi connectivity index (χ2v) is 1.83. The van der Waals surface area contributed by atoms with Gasteiger partial charge in [0, 0.05) is 12.9 Å². The zero-order valence-electron chi connectivity index (χ0n) is 5.25. The van der Waals surface area contributed by atoms with Gasteiger partial charge >= 0.3 is 6.09 Å². The minimum atomic E-state index is -0.639. The fourth-order valence-electron chi connectivity index (χ4n) is 0.275. The molecule has 0 aromatic heterocycles. The van der Waals surface area contributed by atoms with Crippen LogP contribution in [0.25, 0.3) is 0 Å². The summed E-state index contributed by atoms with van der Waals surface area (Å²) in [5.41, 5.74) is 1.88. The molecule has 0 aromatic carbocycles. The highest BCUT2D eigenvalue weighted by atomic mass is 32.1. The molecule has 0 aromatic rings. The number of hydrogen-bond acceptors (Lipinski definition) is 4. The number of ether oxygens (including phenoxy) is 1. The zero-order chi connectivity index (χ0) is 7.28. The van der Waals surface area contributed by atoms with Gasteiger partial charge in [0.15, 0.2) is 0 Å². The summed E-state index contributed by atoms with van der Waals surface area (Å²) in [6, 6.07) is 0. The average Bonchev–Trinajstić information content (AvgIpc) is 1.63. The van der Waals surface area contributed by atoms with E-state index < -0.39 is 6.09 Å². The molecule has 0 saturated heterocycles. The van der Waals surface area contributed by atoms with Crippen LogP contribution in [0.3, 0.4) is 0 Å². The molecule has 0 unspecified atom stereocenters.